The van der Waals surface area contributed by atoms with E-state index in [1.807, 2.05) is 0 Å². The lowest BCUT2D eigenvalue weighted by molar-refractivity contribution is 0.308. The zero-order valence-corrected chi connectivity index (χ0v) is 12.6. The van der Waals surface area contributed by atoms with Gasteiger partial charge in [-0.25, -0.2) is 0 Å². The molecular weight excluding hydrogens is 196 g/mol. The Morgan fingerprint density at radius 3 is 1.75 bits per heavy atom. The van der Waals surface area contributed by atoms with E-state index in [4.69, 9.17) is 0 Å². The highest BCUT2D eigenvalue weighted by atomic mass is 15.0. The molecule has 16 heavy (non-hydrogen) atoms. The van der Waals surface area contributed by atoms with Crippen molar-refractivity contribution in [2.24, 2.45) is 5.92 Å². The summed E-state index contributed by atoms with van der Waals surface area (Å²) in [6, 6.07) is 0.580. The van der Waals surface area contributed by atoms with E-state index in [1.165, 1.54) is 6.42 Å². The molecule has 0 spiro atoms. The molecule has 0 aliphatic carbocycles. The van der Waals surface area contributed by atoms with Crippen LogP contribution in [-0.4, -0.2) is 23.7 Å². The fourth-order valence-corrected chi connectivity index (χ4v) is 1.97. The minimum Gasteiger partial charge on any atom is -0.312 e. The standard InChI is InChI=1S/C14H32N2/c1-11(10-15-13(3,4)5)9-12(2)16-14(6,7)8/h11-12,15-16H,9-10H2,1-8H3. The van der Waals surface area contributed by atoms with Crippen molar-refractivity contribution in [2.75, 3.05) is 6.54 Å². The van der Waals surface area contributed by atoms with E-state index in [9.17, 15) is 0 Å². The SMILES string of the molecule is CC(CNC(C)(C)C)CC(C)NC(C)(C)C. The zero-order chi connectivity index (χ0) is 13.0. The van der Waals surface area contributed by atoms with Gasteiger partial charge in [0.1, 0.15) is 0 Å². The highest BCUT2D eigenvalue weighted by molar-refractivity contribution is 4.78. The second kappa shape index (κ2) is 6.02. The summed E-state index contributed by atoms with van der Waals surface area (Å²) in [6.45, 7) is 19.0. The van der Waals surface area contributed by atoms with Gasteiger partial charge in [-0.2, -0.15) is 0 Å². The third kappa shape index (κ3) is 10.4. The normalized spacial score (nSPS) is 17.2. The first kappa shape index (κ1) is 15.9. The van der Waals surface area contributed by atoms with Crippen LogP contribution in [0.15, 0.2) is 0 Å². The van der Waals surface area contributed by atoms with Crippen molar-refractivity contribution < 1.29 is 0 Å². The molecule has 0 heterocycles. The summed E-state index contributed by atoms with van der Waals surface area (Å²) >= 11 is 0. The Balaban J connectivity index is 3.83. The molecule has 0 aromatic rings. The van der Waals surface area contributed by atoms with Crippen molar-refractivity contribution in [1.82, 2.24) is 10.6 Å². The second-order valence-electron chi connectivity index (χ2n) is 7.27. The van der Waals surface area contributed by atoms with Gasteiger partial charge in [0, 0.05) is 17.1 Å². The summed E-state index contributed by atoms with van der Waals surface area (Å²) in [5, 5.41) is 7.18. The smallest absolute Gasteiger partial charge is 0.00989 e. The van der Waals surface area contributed by atoms with Gasteiger partial charge in [0.2, 0.25) is 0 Å². The molecule has 0 aromatic heterocycles. The van der Waals surface area contributed by atoms with Crippen LogP contribution in [0.25, 0.3) is 0 Å². The predicted molar refractivity (Wildman–Crippen MR) is 73.9 cm³/mol. The summed E-state index contributed by atoms with van der Waals surface area (Å²) in [5.41, 5.74) is 0.450. The van der Waals surface area contributed by atoms with Crippen LogP contribution < -0.4 is 10.6 Å². The van der Waals surface area contributed by atoms with Crippen molar-refractivity contribution >= 4 is 0 Å². The van der Waals surface area contributed by atoms with Gasteiger partial charge in [0.25, 0.3) is 0 Å². The monoisotopic (exact) mass is 228 g/mol. The number of nitrogens with one attached hydrogen (secondary N) is 2. The van der Waals surface area contributed by atoms with Gasteiger partial charge in [-0.05, 0) is 67.3 Å². The molecule has 98 valence electrons. The van der Waals surface area contributed by atoms with Gasteiger partial charge >= 0.3 is 0 Å². The first-order valence-electron chi connectivity index (χ1n) is 6.52. The van der Waals surface area contributed by atoms with Crippen molar-refractivity contribution in [3.05, 3.63) is 0 Å². The highest BCUT2D eigenvalue weighted by Gasteiger charge is 2.17. The Hall–Kier alpha value is -0.0800. The van der Waals surface area contributed by atoms with Gasteiger partial charge in [-0.1, -0.05) is 6.92 Å². The molecule has 0 fully saturated rings. The Kier molecular flexibility index (Phi) is 5.99. The molecule has 0 aromatic carbocycles. The van der Waals surface area contributed by atoms with Crippen LogP contribution >= 0.6 is 0 Å². The van der Waals surface area contributed by atoms with Crippen LogP contribution in [0.5, 0.6) is 0 Å². The number of rotatable bonds is 5. The molecule has 2 N–H and O–H groups in total. The topological polar surface area (TPSA) is 24.1 Å². The molecule has 0 radical (unpaired) electrons. The lowest BCUT2D eigenvalue weighted by Crippen LogP contribution is -2.44. The average molecular weight is 228 g/mol. The van der Waals surface area contributed by atoms with Crippen LogP contribution in [0.4, 0.5) is 0 Å². The molecule has 2 heteroatoms. The molecule has 2 atom stereocenters. The molecule has 0 aliphatic rings. The Morgan fingerprint density at radius 2 is 1.38 bits per heavy atom. The molecule has 0 aliphatic heterocycles. The third-order valence-corrected chi connectivity index (χ3v) is 2.42. The van der Waals surface area contributed by atoms with Crippen molar-refractivity contribution in [3.8, 4) is 0 Å². The first-order valence-corrected chi connectivity index (χ1v) is 6.52. The van der Waals surface area contributed by atoms with Gasteiger partial charge in [-0.15, -0.1) is 0 Å². The van der Waals surface area contributed by atoms with Crippen LogP contribution in [0.3, 0.4) is 0 Å². The molecule has 0 rings (SSSR count). The number of hydrogen-bond donors (Lipinski definition) is 2. The summed E-state index contributed by atoms with van der Waals surface area (Å²) in [4.78, 5) is 0. The van der Waals surface area contributed by atoms with Gasteiger partial charge in [-0.3, -0.25) is 0 Å². The Labute approximate surface area is 103 Å². The largest absolute Gasteiger partial charge is 0.312 e. The second-order valence-corrected chi connectivity index (χ2v) is 7.27. The van der Waals surface area contributed by atoms with Crippen molar-refractivity contribution in [2.45, 2.75) is 78.9 Å². The van der Waals surface area contributed by atoms with Gasteiger partial charge in [0.15, 0.2) is 0 Å². The molecule has 0 saturated carbocycles. The predicted octanol–water partition coefficient (Wildman–Crippen LogP) is 3.18. The summed E-state index contributed by atoms with van der Waals surface area (Å²) < 4.78 is 0. The summed E-state index contributed by atoms with van der Waals surface area (Å²) in [5.74, 6) is 0.712. The van der Waals surface area contributed by atoms with E-state index in [0.29, 0.717) is 12.0 Å². The van der Waals surface area contributed by atoms with Crippen LogP contribution in [0.2, 0.25) is 0 Å². The maximum absolute atomic E-state index is 3.62. The van der Waals surface area contributed by atoms with Gasteiger partial charge in [0.05, 0.1) is 0 Å². The van der Waals surface area contributed by atoms with Crippen molar-refractivity contribution in [3.63, 3.8) is 0 Å². The molecule has 2 unspecified atom stereocenters. The van der Waals surface area contributed by atoms with Crippen LogP contribution in [0.1, 0.15) is 61.8 Å². The molecule has 0 amide bonds. The molecule has 0 bridgehead atoms. The van der Waals surface area contributed by atoms with E-state index < -0.39 is 0 Å². The Morgan fingerprint density at radius 1 is 0.875 bits per heavy atom. The van der Waals surface area contributed by atoms with Crippen LogP contribution in [0, 0.1) is 5.92 Å². The van der Waals surface area contributed by atoms with Gasteiger partial charge < -0.3 is 10.6 Å². The van der Waals surface area contributed by atoms with E-state index >= 15 is 0 Å². The third-order valence-electron chi connectivity index (χ3n) is 2.42. The zero-order valence-electron chi connectivity index (χ0n) is 12.6. The van der Waals surface area contributed by atoms with E-state index in [1.54, 1.807) is 0 Å². The molecule has 2 nitrogen and oxygen atoms in total. The summed E-state index contributed by atoms with van der Waals surface area (Å²) in [7, 11) is 0. The fourth-order valence-electron chi connectivity index (χ4n) is 1.97. The Bertz CT molecular complexity index is 186. The summed E-state index contributed by atoms with van der Waals surface area (Å²) in [6.07, 6.45) is 1.22. The van der Waals surface area contributed by atoms with Crippen molar-refractivity contribution in [1.29, 1.82) is 0 Å². The average Bonchev–Trinajstić information content (AvgIpc) is 1.95. The van der Waals surface area contributed by atoms with Crippen LogP contribution in [-0.2, 0) is 0 Å². The van der Waals surface area contributed by atoms with E-state index in [2.05, 4.69) is 66.0 Å². The quantitative estimate of drug-likeness (QED) is 0.755. The highest BCUT2D eigenvalue weighted by Crippen LogP contribution is 2.10. The van der Waals surface area contributed by atoms with E-state index in [-0.39, 0.29) is 11.1 Å². The maximum atomic E-state index is 3.62. The minimum atomic E-state index is 0.219. The maximum Gasteiger partial charge on any atom is 0.00989 e. The molecular formula is C14H32N2. The lowest BCUT2D eigenvalue weighted by atomic mass is 9.98. The lowest BCUT2D eigenvalue weighted by Gasteiger charge is -2.29. The fraction of sp³-hybridized carbons (Fsp3) is 1.00. The molecule has 0 saturated heterocycles. The first-order chi connectivity index (χ1) is 6.99. The number of hydrogen-bond acceptors (Lipinski definition) is 2. The minimum absolute atomic E-state index is 0.219. The van der Waals surface area contributed by atoms with E-state index in [0.717, 1.165) is 6.54 Å².